The summed E-state index contributed by atoms with van der Waals surface area (Å²) in [6, 6.07) is 8.22. The molecule has 0 aromatic heterocycles. The number of hydrogen-bond acceptors (Lipinski definition) is 3. The zero-order valence-corrected chi connectivity index (χ0v) is 11.4. The van der Waals surface area contributed by atoms with Crippen molar-refractivity contribution in [2.45, 2.75) is 31.6 Å². The molecule has 3 heteroatoms. The SMILES string of the molecule is CCC1CN(c2ccccc2C(C)O)CCS1. The summed E-state index contributed by atoms with van der Waals surface area (Å²) in [5.74, 6) is 1.19. The molecule has 0 bridgehead atoms. The van der Waals surface area contributed by atoms with Crippen LogP contribution in [0, 0.1) is 0 Å². The quantitative estimate of drug-likeness (QED) is 0.893. The van der Waals surface area contributed by atoms with Gasteiger partial charge in [0.15, 0.2) is 0 Å². The molecule has 1 aliphatic heterocycles. The molecule has 1 aromatic rings. The third-order valence-electron chi connectivity index (χ3n) is 3.32. The second-order valence-corrected chi connectivity index (χ2v) is 5.99. The Hall–Kier alpha value is -0.670. The fraction of sp³-hybridized carbons (Fsp3) is 0.571. The lowest BCUT2D eigenvalue weighted by Gasteiger charge is -2.35. The van der Waals surface area contributed by atoms with Gasteiger partial charge in [-0.3, -0.25) is 0 Å². The Kier molecular flexibility index (Phi) is 4.35. The zero-order valence-electron chi connectivity index (χ0n) is 10.6. The second kappa shape index (κ2) is 5.78. The lowest BCUT2D eigenvalue weighted by molar-refractivity contribution is 0.199. The number of hydrogen-bond donors (Lipinski definition) is 1. The topological polar surface area (TPSA) is 23.5 Å². The van der Waals surface area contributed by atoms with Crippen LogP contribution in [-0.2, 0) is 0 Å². The summed E-state index contributed by atoms with van der Waals surface area (Å²) in [7, 11) is 0. The van der Waals surface area contributed by atoms with E-state index in [0.717, 1.165) is 23.9 Å². The highest BCUT2D eigenvalue weighted by molar-refractivity contribution is 8.00. The predicted octanol–water partition coefficient (Wildman–Crippen LogP) is 3.07. The van der Waals surface area contributed by atoms with Gasteiger partial charge in [-0.15, -0.1) is 0 Å². The standard InChI is InChI=1S/C14H21NOS/c1-3-12-10-15(8-9-17-12)14-7-5-4-6-13(14)11(2)16/h4-7,11-12,16H,3,8-10H2,1-2H3. The van der Waals surface area contributed by atoms with Crippen LogP contribution >= 0.6 is 11.8 Å². The largest absolute Gasteiger partial charge is 0.389 e. The first-order valence-corrected chi connectivity index (χ1v) is 7.40. The van der Waals surface area contributed by atoms with Crippen molar-refractivity contribution in [1.82, 2.24) is 0 Å². The van der Waals surface area contributed by atoms with Crippen molar-refractivity contribution < 1.29 is 5.11 Å². The van der Waals surface area contributed by atoms with Crippen molar-refractivity contribution in [2.75, 3.05) is 23.7 Å². The van der Waals surface area contributed by atoms with Crippen LogP contribution in [0.3, 0.4) is 0 Å². The molecule has 1 N–H and O–H groups in total. The average molecular weight is 251 g/mol. The summed E-state index contributed by atoms with van der Waals surface area (Å²) < 4.78 is 0. The van der Waals surface area contributed by atoms with Crippen LogP contribution in [0.15, 0.2) is 24.3 Å². The van der Waals surface area contributed by atoms with Crippen molar-refractivity contribution in [3.05, 3.63) is 29.8 Å². The maximum Gasteiger partial charge on any atom is 0.0781 e. The first-order valence-electron chi connectivity index (χ1n) is 6.36. The summed E-state index contributed by atoms with van der Waals surface area (Å²) in [6.45, 7) is 6.28. The van der Waals surface area contributed by atoms with E-state index in [2.05, 4.69) is 35.7 Å². The minimum atomic E-state index is -0.388. The highest BCUT2D eigenvalue weighted by atomic mass is 32.2. The van der Waals surface area contributed by atoms with E-state index < -0.39 is 0 Å². The Morgan fingerprint density at radius 2 is 2.24 bits per heavy atom. The normalized spacial score (nSPS) is 22.5. The number of rotatable bonds is 3. The van der Waals surface area contributed by atoms with Crippen molar-refractivity contribution in [1.29, 1.82) is 0 Å². The lowest BCUT2D eigenvalue weighted by atomic mass is 10.1. The van der Waals surface area contributed by atoms with Gasteiger partial charge < -0.3 is 10.0 Å². The van der Waals surface area contributed by atoms with Gasteiger partial charge in [0.25, 0.3) is 0 Å². The van der Waals surface area contributed by atoms with E-state index in [9.17, 15) is 5.11 Å². The molecule has 94 valence electrons. The van der Waals surface area contributed by atoms with E-state index in [4.69, 9.17) is 0 Å². The molecule has 1 saturated heterocycles. The van der Waals surface area contributed by atoms with Gasteiger partial charge in [-0.1, -0.05) is 25.1 Å². The molecule has 1 fully saturated rings. The molecule has 2 unspecified atom stereocenters. The van der Waals surface area contributed by atoms with Crippen molar-refractivity contribution in [3.8, 4) is 0 Å². The Labute approximate surface area is 108 Å². The lowest BCUT2D eigenvalue weighted by Crippen LogP contribution is -2.38. The molecular weight excluding hydrogens is 230 g/mol. The van der Waals surface area contributed by atoms with Crippen LogP contribution < -0.4 is 4.90 Å². The third-order valence-corrected chi connectivity index (χ3v) is 4.69. The molecule has 0 radical (unpaired) electrons. The van der Waals surface area contributed by atoms with Crippen LogP contribution in [0.5, 0.6) is 0 Å². The zero-order chi connectivity index (χ0) is 12.3. The number of aliphatic hydroxyl groups is 1. The first-order chi connectivity index (χ1) is 8.22. The van der Waals surface area contributed by atoms with E-state index in [1.165, 1.54) is 17.9 Å². The number of anilines is 1. The molecule has 0 aliphatic carbocycles. The molecule has 0 amide bonds. The molecule has 1 aromatic carbocycles. The summed E-state index contributed by atoms with van der Waals surface area (Å²) >= 11 is 2.07. The number of nitrogens with zero attached hydrogens (tertiary/aromatic N) is 1. The van der Waals surface area contributed by atoms with E-state index in [1.807, 2.05) is 19.1 Å². The molecule has 2 rings (SSSR count). The third kappa shape index (κ3) is 2.96. The second-order valence-electron chi connectivity index (χ2n) is 4.58. The molecule has 1 heterocycles. The monoisotopic (exact) mass is 251 g/mol. The number of para-hydroxylation sites is 1. The smallest absolute Gasteiger partial charge is 0.0781 e. The van der Waals surface area contributed by atoms with Gasteiger partial charge in [-0.25, -0.2) is 0 Å². The number of benzene rings is 1. The molecule has 2 nitrogen and oxygen atoms in total. The summed E-state index contributed by atoms with van der Waals surface area (Å²) in [4.78, 5) is 2.42. The summed E-state index contributed by atoms with van der Waals surface area (Å²) in [6.07, 6.45) is 0.832. The van der Waals surface area contributed by atoms with Crippen LogP contribution in [0.2, 0.25) is 0 Å². The molecule has 0 saturated carbocycles. The first kappa shape index (κ1) is 12.8. The van der Waals surface area contributed by atoms with Gasteiger partial charge in [0.2, 0.25) is 0 Å². The maximum atomic E-state index is 9.83. The fourth-order valence-electron chi connectivity index (χ4n) is 2.31. The van der Waals surface area contributed by atoms with E-state index >= 15 is 0 Å². The summed E-state index contributed by atoms with van der Waals surface area (Å²) in [5.41, 5.74) is 2.26. The van der Waals surface area contributed by atoms with Gasteiger partial charge >= 0.3 is 0 Å². The molecule has 1 aliphatic rings. The van der Waals surface area contributed by atoms with Crippen LogP contribution in [0.4, 0.5) is 5.69 Å². The van der Waals surface area contributed by atoms with Crippen LogP contribution in [0.25, 0.3) is 0 Å². The Balaban J connectivity index is 2.21. The van der Waals surface area contributed by atoms with E-state index in [1.54, 1.807) is 0 Å². The minimum absolute atomic E-state index is 0.388. The minimum Gasteiger partial charge on any atom is -0.389 e. The van der Waals surface area contributed by atoms with Gasteiger partial charge in [0, 0.05) is 35.3 Å². The summed E-state index contributed by atoms with van der Waals surface area (Å²) in [5, 5.41) is 10.6. The van der Waals surface area contributed by atoms with Crippen molar-refractivity contribution >= 4 is 17.4 Å². The number of aliphatic hydroxyl groups excluding tert-OH is 1. The molecule has 17 heavy (non-hydrogen) atoms. The van der Waals surface area contributed by atoms with Crippen LogP contribution in [-0.4, -0.2) is 29.2 Å². The van der Waals surface area contributed by atoms with Gasteiger partial charge in [-0.05, 0) is 19.4 Å². The van der Waals surface area contributed by atoms with Crippen molar-refractivity contribution in [2.24, 2.45) is 0 Å². The fourth-order valence-corrected chi connectivity index (χ4v) is 3.49. The van der Waals surface area contributed by atoms with Gasteiger partial charge in [-0.2, -0.15) is 11.8 Å². The van der Waals surface area contributed by atoms with Crippen molar-refractivity contribution in [3.63, 3.8) is 0 Å². The highest BCUT2D eigenvalue weighted by Gasteiger charge is 2.21. The molecule has 2 atom stereocenters. The van der Waals surface area contributed by atoms with E-state index in [-0.39, 0.29) is 6.10 Å². The molecule has 0 spiro atoms. The Bertz CT molecular complexity index is 367. The Morgan fingerprint density at radius 1 is 1.47 bits per heavy atom. The van der Waals surface area contributed by atoms with Gasteiger partial charge in [0.05, 0.1) is 6.10 Å². The van der Waals surface area contributed by atoms with Gasteiger partial charge in [0.1, 0.15) is 0 Å². The average Bonchev–Trinajstić information content (AvgIpc) is 2.39. The maximum absolute atomic E-state index is 9.83. The number of thioether (sulfide) groups is 1. The Morgan fingerprint density at radius 3 is 2.94 bits per heavy atom. The predicted molar refractivity (Wildman–Crippen MR) is 75.8 cm³/mol. The highest BCUT2D eigenvalue weighted by Crippen LogP contribution is 2.30. The van der Waals surface area contributed by atoms with E-state index in [0.29, 0.717) is 0 Å². The van der Waals surface area contributed by atoms with Crippen LogP contribution in [0.1, 0.15) is 31.9 Å². The molecular formula is C14H21NOS.